The average molecular weight is 455 g/mol. The number of ether oxygens (including phenoxy) is 1. The summed E-state index contributed by atoms with van der Waals surface area (Å²) in [6, 6.07) is 3.86. The molecule has 0 aliphatic heterocycles. The molecule has 1 aromatic carbocycles. The zero-order valence-electron chi connectivity index (χ0n) is 16.1. The van der Waals surface area contributed by atoms with Crippen molar-refractivity contribution in [2.45, 2.75) is 17.9 Å². The number of sulfonamides is 1. The van der Waals surface area contributed by atoms with Crippen LogP contribution in [0.4, 0.5) is 5.82 Å². The maximum Gasteiger partial charge on any atom is 0.338 e. The van der Waals surface area contributed by atoms with Gasteiger partial charge in [-0.3, -0.25) is 4.84 Å². The predicted molar refractivity (Wildman–Crippen MR) is 108 cm³/mol. The van der Waals surface area contributed by atoms with Gasteiger partial charge in [-0.25, -0.2) is 28.2 Å². The topological polar surface area (TPSA) is 143 Å². The first-order valence-corrected chi connectivity index (χ1v) is 10.5. The fourth-order valence-corrected chi connectivity index (χ4v) is 4.08. The summed E-state index contributed by atoms with van der Waals surface area (Å²) in [7, 11) is -1.60. The number of nitrogens with zero attached hydrogens (tertiary/aromatic N) is 5. The van der Waals surface area contributed by atoms with Crippen LogP contribution in [0.25, 0.3) is 11.2 Å². The summed E-state index contributed by atoms with van der Waals surface area (Å²) in [5, 5.41) is -0.0382. The van der Waals surface area contributed by atoms with Gasteiger partial charge in [0, 0.05) is 13.6 Å². The van der Waals surface area contributed by atoms with E-state index < -0.39 is 16.0 Å². The van der Waals surface area contributed by atoms with E-state index >= 15 is 0 Å². The zero-order valence-corrected chi connectivity index (χ0v) is 17.7. The molecule has 2 aromatic heterocycles. The third-order valence-electron chi connectivity index (χ3n) is 4.25. The normalized spacial score (nSPS) is 11.9. The molecule has 2 heterocycles. The Kier molecular flexibility index (Phi) is 6.51. The van der Waals surface area contributed by atoms with Crippen LogP contribution in [0.1, 0.15) is 16.8 Å². The molecular weight excluding hydrogens is 436 g/mol. The average Bonchev–Trinajstić information content (AvgIpc) is 3.15. The van der Waals surface area contributed by atoms with Gasteiger partial charge in [0.2, 0.25) is 0 Å². The summed E-state index contributed by atoms with van der Waals surface area (Å²) in [5.41, 5.74) is 6.89. The van der Waals surface area contributed by atoms with Gasteiger partial charge < -0.3 is 15.0 Å². The number of rotatable bonds is 8. The van der Waals surface area contributed by atoms with Crippen molar-refractivity contribution in [3.63, 3.8) is 0 Å². The van der Waals surface area contributed by atoms with E-state index in [2.05, 4.69) is 15.0 Å². The third-order valence-corrected chi connectivity index (χ3v) is 6.41. The Morgan fingerprint density at radius 3 is 2.80 bits per heavy atom. The Morgan fingerprint density at radius 1 is 1.30 bits per heavy atom. The SMILES string of the molecule is CON(C)S(=O)(=O)c1cc(C(=O)OCCCn2cnc3c(N)ncnc32)ccc1Cl. The van der Waals surface area contributed by atoms with E-state index in [4.69, 9.17) is 26.9 Å². The highest BCUT2D eigenvalue weighted by molar-refractivity contribution is 7.89. The number of halogens is 1. The Hall–Kier alpha value is -2.80. The molecular formula is C17H19ClN6O5S. The van der Waals surface area contributed by atoms with Crippen molar-refractivity contribution >= 4 is 44.6 Å². The first-order valence-electron chi connectivity index (χ1n) is 8.66. The van der Waals surface area contributed by atoms with Crippen LogP contribution in [0.15, 0.2) is 35.7 Å². The van der Waals surface area contributed by atoms with Crippen molar-refractivity contribution in [2.75, 3.05) is 26.5 Å². The number of hydroxylamine groups is 1. The van der Waals surface area contributed by atoms with Gasteiger partial charge in [0.15, 0.2) is 11.5 Å². The van der Waals surface area contributed by atoms with Gasteiger partial charge in [-0.1, -0.05) is 16.1 Å². The summed E-state index contributed by atoms with van der Waals surface area (Å²) >= 11 is 5.99. The lowest BCUT2D eigenvalue weighted by Gasteiger charge is -2.15. The third kappa shape index (κ3) is 4.36. The van der Waals surface area contributed by atoms with Crippen LogP contribution in [0, 0.1) is 0 Å². The molecule has 2 N–H and O–H groups in total. The van der Waals surface area contributed by atoms with Crippen LogP contribution in [-0.4, -0.2) is 59.1 Å². The molecule has 13 heteroatoms. The first kappa shape index (κ1) is 21.9. The number of nitrogens with two attached hydrogens (primary N) is 1. The smallest absolute Gasteiger partial charge is 0.338 e. The number of hydrogen-bond donors (Lipinski definition) is 1. The molecule has 0 aliphatic carbocycles. The number of carbonyl (C=O) groups is 1. The fourth-order valence-electron chi connectivity index (χ4n) is 2.61. The number of nitrogen functional groups attached to an aromatic ring is 1. The molecule has 0 bridgehead atoms. The van der Waals surface area contributed by atoms with Crippen molar-refractivity contribution in [1.29, 1.82) is 0 Å². The molecule has 0 fully saturated rings. The number of fused-ring (bicyclic) bond motifs is 1. The van der Waals surface area contributed by atoms with Gasteiger partial charge in [0.1, 0.15) is 16.7 Å². The lowest BCUT2D eigenvalue weighted by atomic mass is 10.2. The van der Waals surface area contributed by atoms with Crippen molar-refractivity contribution < 1.29 is 22.8 Å². The van der Waals surface area contributed by atoms with E-state index in [-0.39, 0.29) is 27.9 Å². The van der Waals surface area contributed by atoms with Crippen LogP contribution >= 0.6 is 11.6 Å². The molecule has 0 radical (unpaired) electrons. The molecule has 0 saturated carbocycles. The summed E-state index contributed by atoms with van der Waals surface area (Å²) in [4.78, 5) is 29.0. The van der Waals surface area contributed by atoms with Crippen LogP contribution in [0.2, 0.25) is 5.02 Å². The number of aromatic nitrogens is 4. The van der Waals surface area contributed by atoms with Crippen LogP contribution in [-0.2, 0) is 26.1 Å². The van der Waals surface area contributed by atoms with Crippen LogP contribution < -0.4 is 5.73 Å². The minimum absolute atomic E-state index is 0.0382. The molecule has 0 amide bonds. The molecule has 160 valence electrons. The quantitative estimate of drug-likeness (QED) is 0.304. The van der Waals surface area contributed by atoms with Crippen molar-refractivity contribution in [2.24, 2.45) is 0 Å². The van der Waals surface area contributed by atoms with Gasteiger partial charge in [-0.2, -0.15) is 0 Å². The second-order valence-corrected chi connectivity index (χ2v) is 8.41. The van der Waals surface area contributed by atoms with E-state index in [0.717, 1.165) is 6.07 Å². The van der Waals surface area contributed by atoms with E-state index in [0.29, 0.717) is 28.6 Å². The van der Waals surface area contributed by atoms with Crippen molar-refractivity contribution in [3.8, 4) is 0 Å². The number of imidazole rings is 1. The van der Waals surface area contributed by atoms with E-state index in [1.165, 1.54) is 32.6 Å². The zero-order chi connectivity index (χ0) is 21.9. The lowest BCUT2D eigenvalue weighted by molar-refractivity contribution is -0.0258. The highest BCUT2D eigenvalue weighted by Gasteiger charge is 2.25. The van der Waals surface area contributed by atoms with Gasteiger partial charge in [-0.05, 0) is 24.6 Å². The molecule has 0 aliphatic rings. The van der Waals surface area contributed by atoms with Gasteiger partial charge in [-0.15, -0.1) is 0 Å². The minimum Gasteiger partial charge on any atom is -0.462 e. The molecule has 0 unspecified atom stereocenters. The number of esters is 1. The number of hydrogen-bond acceptors (Lipinski definition) is 9. The van der Waals surface area contributed by atoms with E-state index in [1.807, 2.05) is 0 Å². The Morgan fingerprint density at radius 2 is 2.07 bits per heavy atom. The van der Waals surface area contributed by atoms with Crippen molar-refractivity contribution in [1.82, 2.24) is 24.0 Å². The standard InChI is InChI=1S/C17H19ClN6O5S/c1-23(28-2)30(26,27)13-8-11(4-5-12(13)18)17(25)29-7-3-6-24-10-22-14-15(19)20-9-21-16(14)24/h4-5,8-10H,3,6-7H2,1-2H3,(H2,19,20,21). The maximum absolute atomic E-state index is 12.4. The van der Waals surface area contributed by atoms with Gasteiger partial charge in [0.05, 0.1) is 30.6 Å². The molecule has 30 heavy (non-hydrogen) atoms. The van der Waals surface area contributed by atoms with Gasteiger partial charge in [0.25, 0.3) is 10.0 Å². The Bertz CT molecular complexity index is 1180. The second kappa shape index (κ2) is 8.92. The number of anilines is 1. The minimum atomic E-state index is -4.02. The van der Waals surface area contributed by atoms with Crippen LogP contribution in [0.5, 0.6) is 0 Å². The summed E-state index contributed by atoms with van der Waals surface area (Å²) in [5.74, 6) is -0.386. The second-order valence-electron chi connectivity index (χ2n) is 6.10. The fraction of sp³-hybridized carbons (Fsp3) is 0.294. The van der Waals surface area contributed by atoms with Crippen molar-refractivity contribution in [3.05, 3.63) is 41.4 Å². The monoisotopic (exact) mass is 454 g/mol. The Balaban J connectivity index is 1.64. The van der Waals surface area contributed by atoms with Crippen LogP contribution in [0.3, 0.4) is 0 Å². The highest BCUT2D eigenvalue weighted by Crippen LogP contribution is 2.25. The molecule has 3 rings (SSSR count). The predicted octanol–water partition coefficient (Wildman–Crippen LogP) is 1.49. The molecule has 0 spiro atoms. The summed E-state index contributed by atoms with van der Waals surface area (Å²) in [6.45, 7) is 0.584. The number of benzene rings is 1. The van der Waals surface area contributed by atoms with E-state index in [1.54, 1.807) is 10.9 Å². The maximum atomic E-state index is 12.4. The lowest BCUT2D eigenvalue weighted by Crippen LogP contribution is -2.26. The van der Waals surface area contributed by atoms with E-state index in [9.17, 15) is 13.2 Å². The molecule has 3 aromatic rings. The molecule has 0 atom stereocenters. The largest absolute Gasteiger partial charge is 0.462 e. The number of aryl methyl sites for hydroxylation is 1. The molecule has 11 nitrogen and oxygen atoms in total. The first-order chi connectivity index (χ1) is 14.3. The Labute approximate surface area is 177 Å². The van der Waals surface area contributed by atoms with Gasteiger partial charge >= 0.3 is 5.97 Å². The highest BCUT2D eigenvalue weighted by atomic mass is 35.5. The number of carbonyl (C=O) groups excluding carboxylic acids is 1. The summed E-state index contributed by atoms with van der Waals surface area (Å²) in [6.07, 6.45) is 3.41. The summed E-state index contributed by atoms with van der Waals surface area (Å²) < 4.78 is 32.5. The molecule has 0 saturated heterocycles.